The van der Waals surface area contributed by atoms with Crippen LogP contribution < -0.4 is 15.2 Å². The smallest absolute Gasteiger partial charge is 0.344 e. The van der Waals surface area contributed by atoms with E-state index in [0.29, 0.717) is 5.56 Å². The molecule has 1 aliphatic rings. The molecule has 0 radical (unpaired) electrons. The Kier molecular flexibility index (Phi) is 6.72. The summed E-state index contributed by atoms with van der Waals surface area (Å²) in [5.41, 5.74) is 6.26. The monoisotopic (exact) mass is 402 g/mol. The Morgan fingerprint density at radius 3 is 2.66 bits per heavy atom. The second-order valence-electron chi connectivity index (χ2n) is 6.09. The van der Waals surface area contributed by atoms with Gasteiger partial charge in [0.25, 0.3) is 0 Å². The van der Waals surface area contributed by atoms with Crippen molar-refractivity contribution < 1.29 is 33.6 Å². The fourth-order valence-electron chi connectivity index (χ4n) is 2.94. The highest BCUT2D eigenvalue weighted by Crippen LogP contribution is 2.46. The summed E-state index contributed by atoms with van der Waals surface area (Å²) in [6.07, 6.45) is -1.21. The Morgan fingerprint density at radius 1 is 1.41 bits per heavy atom. The van der Waals surface area contributed by atoms with Gasteiger partial charge in [-0.25, -0.2) is 9.59 Å². The van der Waals surface area contributed by atoms with Gasteiger partial charge in [0.05, 0.1) is 25.2 Å². The van der Waals surface area contributed by atoms with E-state index in [1.807, 2.05) is 6.07 Å². The molecule has 0 aromatic heterocycles. The molecule has 2 unspecified atom stereocenters. The van der Waals surface area contributed by atoms with Crippen LogP contribution in [0.1, 0.15) is 32.3 Å². The average Bonchev–Trinajstić information content (AvgIpc) is 2.67. The number of ether oxygens (including phenoxy) is 4. The van der Waals surface area contributed by atoms with Crippen molar-refractivity contribution in [2.24, 2.45) is 5.73 Å². The molecule has 0 fully saturated rings. The van der Waals surface area contributed by atoms with Crippen LogP contribution in [0.2, 0.25) is 0 Å². The normalized spacial score (nSPS) is 17.1. The molecule has 1 heterocycles. The zero-order valence-electron chi connectivity index (χ0n) is 16.5. The minimum Gasteiger partial charge on any atom is -0.493 e. The average molecular weight is 402 g/mol. The first-order chi connectivity index (χ1) is 13.8. The summed E-state index contributed by atoms with van der Waals surface area (Å²) in [4.78, 5) is 24.0. The summed E-state index contributed by atoms with van der Waals surface area (Å²) in [5, 5.41) is 18.9. The predicted molar refractivity (Wildman–Crippen MR) is 101 cm³/mol. The maximum atomic E-state index is 12.7. The van der Waals surface area contributed by atoms with Crippen LogP contribution >= 0.6 is 0 Å². The van der Waals surface area contributed by atoms with Crippen molar-refractivity contribution in [3.05, 3.63) is 46.6 Å². The molecule has 9 nitrogen and oxygen atoms in total. The van der Waals surface area contributed by atoms with E-state index < -0.39 is 24.0 Å². The molecule has 2 rings (SSSR count). The number of para-hydroxylation sites is 1. The maximum absolute atomic E-state index is 12.7. The summed E-state index contributed by atoms with van der Waals surface area (Å²) in [6.45, 7) is 4.64. The SMILES string of the molecule is CCOC(=O)C1=C(C)OC(N)=C(C#N)C1c1cccc(OC)c1OC(C)C(=O)O. The van der Waals surface area contributed by atoms with Crippen LogP contribution in [0.3, 0.4) is 0 Å². The lowest BCUT2D eigenvalue weighted by Gasteiger charge is -2.28. The number of benzene rings is 1. The molecule has 1 aromatic rings. The molecule has 0 saturated heterocycles. The van der Waals surface area contributed by atoms with E-state index in [2.05, 4.69) is 0 Å². The molecule has 2 atom stereocenters. The van der Waals surface area contributed by atoms with Gasteiger partial charge in [0.1, 0.15) is 17.4 Å². The Labute approximate surface area is 167 Å². The van der Waals surface area contributed by atoms with E-state index in [4.69, 9.17) is 24.7 Å². The van der Waals surface area contributed by atoms with Crippen molar-refractivity contribution in [1.29, 1.82) is 5.26 Å². The fraction of sp³-hybridized carbons (Fsp3) is 0.350. The van der Waals surface area contributed by atoms with Crippen LogP contribution in [0.25, 0.3) is 0 Å². The summed E-state index contributed by atoms with van der Waals surface area (Å²) in [6, 6.07) is 6.77. The number of methoxy groups -OCH3 is 1. The minimum atomic E-state index is -1.21. The molecule has 9 heteroatoms. The van der Waals surface area contributed by atoms with Crippen LogP contribution in [0.4, 0.5) is 0 Å². The quantitative estimate of drug-likeness (QED) is 0.656. The predicted octanol–water partition coefficient (Wildman–Crippen LogP) is 2.19. The van der Waals surface area contributed by atoms with Crippen molar-refractivity contribution in [3.63, 3.8) is 0 Å². The number of allylic oxidation sites excluding steroid dienone is 2. The minimum absolute atomic E-state index is 0.0280. The largest absolute Gasteiger partial charge is 0.493 e. The lowest BCUT2D eigenvalue weighted by Crippen LogP contribution is -2.27. The number of carboxylic acids is 1. The number of carboxylic acid groups (broad SMARTS) is 1. The number of hydrogen-bond donors (Lipinski definition) is 2. The fourth-order valence-corrected chi connectivity index (χ4v) is 2.94. The van der Waals surface area contributed by atoms with Gasteiger partial charge in [-0.2, -0.15) is 5.26 Å². The zero-order chi connectivity index (χ0) is 21.7. The van der Waals surface area contributed by atoms with Gasteiger partial charge in [-0.1, -0.05) is 12.1 Å². The van der Waals surface area contributed by atoms with Crippen LogP contribution in [-0.2, 0) is 19.1 Å². The highest BCUT2D eigenvalue weighted by atomic mass is 16.5. The second-order valence-corrected chi connectivity index (χ2v) is 6.09. The van der Waals surface area contributed by atoms with Crippen LogP contribution in [0, 0.1) is 11.3 Å². The molecular weight excluding hydrogens is 380 g/mol. The van der Waals surface area contributed by atoms with E-state index in [9.17, 15) is 20.0 Å². The number of nitriles is 1. The van der Waals surface area contributed by atoms with E-state index >= 15 is 0 Å². The molecule has 154 valence electrons. The highest BCUT2D eigenvalue weighted by Gasteiger charge is 2.39. The van der Waals surface area contributed by atoms with Gasteiger partial charge in [0, 0.05) is 5.56 Å². The number of aliphatic carboxylic acids is 1. The third-order valence-corrected chi connectivity index (χ3v) is 4.28. The topological polar surface area (TPSA) is 141 Å². The highest BCUT2D eigenvalue weighted by molar-refractivity contribution is 5.93. The number of esters is 1. The molecule has 0 aliphatic carbocycles. The Morgan fingerprint density at radius 2 is 2.10 bits per heavy atom. The van der Waals surface area contributed by atoms with E-state index in [-0.39, 0.29) is 40.9 Å². The van der Waals surface area contributed by atoms with Crippen molar-refractivity contribution in [2.75, 3.05) is 13.7 Å². The molecule has 1 aliphatic heterocycles. The Hall–Kier alpha value is -3.67. The third kappa shape index (κ3) is 4.27. The summed E-state index contributed by atoms with van der Waals surface area (Å²) in [7, 11) is 1.39. The summed E-state index contributed by atoms with van der Waals surface area (Å²) in [5.74, 6) is -2.55. The number of hydrogen-bond acceptors (Lipinski definition) is 8. The van der Waals surface area contributed by atoms with Crippen LogP contribution in [-0.4, -0.2) is 36.9 Å². The van der Waals surface area contributed by atoms with Gasteiger partial charge in [0.2, 0.25) is 5.88 Å². The van der Waals surface area contributed by atoms with Crippen molar-refractivity contribution in [3.8, 4) is 17.6 Å². The second kappa shape index (κ2) is 9.01. The molecular formula is C20H22N2O7. The van der Waals surface area contributed by atoms with Gasteiger partial charge in [-0.3, -0.25) is 0 Å². The number of nitrogens with two attached hydrogens (primary N) is 1. The van der Waals surface area contributed by atoms with Gasteiger partial charge in [0.15, 0.2) is 17.6 Å². The third-order valence-electron chi connectivity index (χ3n) is 4.28. The van der Waals surface area contributed by atoms with Crippen LogP contribution in [0.15, 0.2) is 41.0 Å². The standard InChI is InChI=1S/C20H22N2O7/c1-5-27-20(25)15-10(2)29-18(22)13(9-21)16(15)12-7-6-8-14(26-4)17(12)28-11(3)19(23)24/h6-8,11,16H,5,22H2,1-4H3,(H,23,24). The molecule has 0 bridgehead atoms. The lowest BCUT2D eigenvalue weighted by atomic mass is 9.82. The lowest BCUT2D eigenvalue weighted by molar-refractivity contribution is -0.144. The first-order valence-corrected chi connectivity index (χ1v) is 8.78. The number of rotatable bonds is 7. The molecule has 3 N–H and O–H groups in total. The number of nitrogens with zero attached hydrogens (tertiary/aromatic N) is 1. The zero-order valence-corrected chi connectivity index (χ0v) is 16.5. The van der Waals surface area contributed by atoms with E-state index in [1.165, 1.54) is 21.0 Å². The van der Waals surface area contributed by atoms with Gasteiger partial charge < -0.3 is 29.8 Å². The summed E-state index contributed by atoms with van der Waals surface area (Å²) >= 11 is 0. The van der Waals surface area contributed by atoms with Gasteiger partial charge in [-0.05, 0) is 26.8 Å². The van der Waals surface area contributed by atoms with E-state index in [0.717, 1.165) is 0 Å². The maximum Gasteiger partial charge on any atom is 0.344 e. The van der Waals surface area contributed by atoms with Crippen molar-refractivity contribution >= 4 is 11.9 Å². The van der Waals surface area contributed by atoms with Crippen LogP contribution in [0.5, 0.6) is 11.5 Å². The molecule has 29 heavy (non-hydrogen) atoms. The van der Waals surface area contributed by atoms with Gasteiger partial charge in [-0.15, -0.1) is 0 Å². The molecule has 0 amide bonds. The molecule has 1 aromatic carbocycles. The van der Waals surface area contributed by atoms with Gasteiger partial charge >= 0.3 is 11.9 Å². The van der Waals surface area contributed by atoms with Crippen molar-refractivity contribution in [2.45, 2.75) is 32.8 Å². The first kappa shape index (κ1) is 21.6. The number of carbonyl (C=O) groups is 2. The van der Waals surface area contributed by atoms with E-state index in [1.54, 1.807) is 25.1 Å². The molecule has 0 spiro atoms. The van der Waals surface area contributed by atoms with Crippen molar-refractivity contribution in [1.82, 2.24) is 0 Å². The number of carbonyl (C=O) groups excluding carboxylic acids is 1. The molecule has 0 saturated carbocycles. The summed E-state index contributed by atoms with van der Waals surface area (Å²) < 4.78 is 21.4. The first-order valence-electron chi connectivity index (χ1n) is 8.78. The Bertz CT molecular complexity index is 927. The Balaban J connectivity index is 2.76.